The van der Waals surface area contributed by atoms with Crippen molar-refractivity contribution in [1.29, 1.82) is 0 Å². The van der Waals surface area contributed by atoms with Gasteiger partial charge in [-0.3, -0.25) is 4.79 Å². The number of nitrogens with two attached hydrogens (primary N) is 1. The lowest BCUT2D eigenvalue weighted by atomic mass is 10.2. The van der Waals surface area contributed by atoms with Gasteiger partial charge in [-0.05, 0) is 40.3 Å². The molecule has 0 fully saturated rings. The molecule has 1 aromatic heterocycles. The topological polar surface area (TPSA) is 72.9 Å². The van der Waals surface area contributed by atoms with Gasteiger partial charge in [0.1, 0.15) is 0 Å². The predicted octanol–water partition coefficient (Wildman–Crippen LogP) is 1.27. The highest BCUT2D eigenvalue weighted by molar-refractivity contribution is 14.1. The smallest absolute Gasteiger partial charge is 0.269 e. The van der Waals surface area contributed by atoms with Crippen molar-refractivity contribution >= 4 is 28.3 Å². The summed E-state index contributed by atoms with van der Waals surface area (Å²) in [6, 6.07) is 9.55. The van der Waals surface area contributed by atoms with Crippen LogP contribution in [0.3, 0.4) is 0 Å². The van der Waals surface area contributed by atoms with Crippen molar-refractivity contribution in [3.05, 3.63) is 56.0 Å². The van der Waals surface area contributed by atoms with Gasteiger partial charge < -0.3 is 11.1 Å². The number of anilines is 1. The molecule has 0 unspecified atom stereocenters. The minimum atomic E-state index is -0.124. The molecule has 0 saturated carbocycles. The molecule has 0 aliphatic heterocycles. The fourth-order valence-electron chi connectivity index (χ4n) is 1.63. The van der Waals surface area contributed by atoms with Gasteiger partial charge in [0.15, 0.2) is 0 Å². The summed E-state index contributed by atoms with van der Waals surface area (Å²) in [6.45, 7) is 1.63. The normalized spacial score (nSPS) is 10.4. The molecule has 0 aliphatic carbocycles. The Balaban J connectivity index is 2.13. The van der Waals surface area contributed by atoms with Crippen LogP contribution in [0.5, 0.6) is 0 Å². The number of benzene rings is 1. The van der Waals surface area contributed by atoms with Crippen LogP contribution in [0.15, 0.2) is 41.3 Å². The van der Waals surface area contributed by atoms with Crippen LogP contribution in [0.2, 0.25) is 0 Å². The largest absolute Gasteiger partial charge is 0.382 e. The van der Waals surface area contributed by atoms with Gasteiger partial charge in [0, 0.05) is 22.7 Å². The molecule has 0 aliphatic rings. The zero-order valence-electron chi connectivity index (χ0n) is 10.3. The molecule has 0 bridgehead atoms. The Hall–Kier alpha value is -1.41. The lowest BCUT2D eigenvalue weighted by Gasteiger charge is -2.07. The van der Waals surface area contributed by atoms with E-state index in [1.165, 1.54) is 14.3 Å². The molecule has 6 heteroatoms. The number of nitrogens with one attached hydrogen (secondary N) is 1. The molecule has 0 spiro atoms. The van der Waals surface area contributed by atoms with E-state index in [9.17, 15) is 4.79 Å². The maximum Gasteiger partial charge on any atom is 0.269 e. The van der Waals surface area contributed by atoms with Gasteiger partial charge in [0.2, 0.25) is 0 Å². The summed E-state index contributed by atoms with van der Waals surface area (Å²) in [5.41, 5.74) is 7.02. The van der Waals surface area contributed by atoms with Gasteiger partial charge in [0.25, 0.3) is 5.56 Å². The van der Waals surface area contributed by atoms with E-state index in [0.717, 1.165) is 5.56 Å². The van der Waals surface area contributed by atoms with Crippen LogP contribution in [0.25, 0.3) is 0 Å². The number of rotatable bonds is 5. The standard InChI is InChI=1S/C13H15IN4O/c14-11-3-1-10(2-4-11)9-18-13(19)7-12(8-17-18)16-6-5-15/h1-4,7-8,16H,5-6,9,15H2. The molecule has 0 saturated heterocycles. The molecule has 3 N–H and O–H groups in total. The first-order chi connectivity index (χ1) is 9.19. The van der Waals surface area contributed by atoms with Crippen LogP contribution in [0, 0.1) is 3.57 Å². The number of hydrogen-bond acceptors (Lipinski definition) is 4. The number of halogens is 1. The van der Waals surface area contributed by atoms with Crippen LogP contribution in [0.1, 0.15) is 5.56 Å². The zero-order chi connectivity index (χ0) is 13.7. The zero-order valence-corrected chi connectivity index (χ0v) is 12.5. The molecule has 100 valence electrons. The Labute approximate surface area is 125 Å². The quantitative estimate of drug-likeness (QED) is 0.778. The lowest BCUT2D eigenvalue weighted by Crippen LogP contribution is -2.24. The van der Waals surface area contributed by atoms with Gasteiger partial charge in [-0.2, -0.15) is 5.10 Å². The Bertz CT molecular complexity index is 594. The highest BCUT2D eigenvalue weighted by atomic mass is 127. The molecular weight excluding hydrogens is 355 g/mol. The van der Waals surface area contributed by atoms with Crippen molar-refractivity contribution in [3.8, 4) is 0 Å². The molecule has 19 heavy (non-hydrogen) atoms. The second kappa shape index (κ2) is 6.67. The van der Waals surface area contributed by atoms with E-state index < -0.39 is 0 Å². The van der Waals surface area contributed by atoms with Crippen molar-refractivity contribution in [2.24, 2.45) is 5.73 Å². The van der Waals surface area contributed by atoms with Gasteiger partial charge in [0.05, 0.1) is 18.4 Å². The van der Waals surface area contributed by atoms with Crippen molar-refractivity contribution < 1.29 is 0 Å². The van der Waals surface area contributed by atoms with Gasteiger partial charge in [-0.25, -0.2) is 4.68 Å². The van der Waals surface area contributed by atoms with Crippen molar-refractivity contribution in [1.82, 2.24) is 9.78 Å². The van der Waals surface area contributed by atoms with E-state index >= 15 is 0 Å². The summed E-state index contributed by atoms with van der Waals surface area (Å²) in [5.74, 6) is 0. The van der Waals surface area contributed by atoms with Crippen LogP contribution in [-0.2, 0) is 6.54 Å². The van der Waals surface area contributed by atoms with E-state index in [0.29, 0.717) is 25.3 Å². The molecule has 0 radical (unpaired) electrons. The van der Waals surface area contributed by atoms with Crippen LogP contribution in [0.4, 0.5) is 5.69 Å². The first-order valence-electron chi connectivity index (χ1n) is 5.94. The van der Waals surface area contributed by atoms with E-state index in [4.69, 9.17) is 5.73 Å². The Kier molecular flexibility index (Phi) is 4.92. The third-order valence-electron chi connectivity index (χ3n) is 2.59. The lowest BCUT2D eigenvalue weighted by molar-refractivity contribution is 0.639. The summed E-state index contributed by atoms with van der Waals surface area (Å²) < 4.78 is 2.61. The van der Waals surface area contributed by atoms with Crippen molar-refractivity contribution in [2.75, 3.05) is 18.4 Å². The monoisotopic (exact) mass is 370 g/mol. The van der Waals surface area contributed by atoms with E-state index in [2.05, 4.69) is 33.0 Å². The highest BCUT2D eigenvalue weighted by Gasteiger charge is 2.01. The Morgan fingerprint density at radius 3 is 2.68 bits per heavy atom. The maximum atomic E-state index is 11.9. The molecule has 1 aromatic carbocycles. The number of nitrogens with zero attached hydrogens (tertiary/aromatic N) is 2. The molecule has 5 nitrogen and oxygen atoms in total. The van der Waals surface area contributed by atoms with Gasteiger partial charge >= 0.3 is 0 Å². The van der Waals surface area contributed by atoms with Crippen LogP contribution >= 0.6 is 22.6 Å². The van der Waals surface area contributed by atoms with Crippen LogP contribution in [-0.4, -0.2) is 22.9 Å². The van der Waals surface area contributed by atoms with Crippen molar-refractivity contribution in [3.63, 3.8) is 0 Å². The van der Waals surface area contributed by atoms with Gasteiger partial charge in [-0.1, -0.05) is 12.1 Å². The number of aromatic nitrogens is 2. The minimum Gasteiger partial charge on any atom is -0.382 e. The molecule has 0 atom stereocenters. The van der Waals surface area contributed by atoms with E-state index in [-0.39, 0.29) is 5.56 Å². The molecule has 2 rings (SSSR count). The summed E-state index contributed by atoms with van der Waals surface area (Å²) in [5, 5.41) is 7.18. The maximum absolute atomic E-state index is 11.9. The molecular formula is C13H15IN4O. The minimum absolute atomic E-state index is 0.124. The third-order valence-corrected chi connectivity index (χ3v) is 3.31. The van der Waals surface area contributed by atoms with E-state index in [1.54, 1.807) is 6.20 Å². The summed E-state index contributed by atoms with van der Waals surface area (Å²) in [7, 11) is 0. The van der Waals surface area contributed by atoms with Crippen LogP contribution < -0.4 is 16.6 Å². The molecule has 1 heterocycles. The average molecular weight is 370 g/mol. The highest BCUT2D eigenvalue weighted by Crippen LogP contribution is 2.07. The summed E-state index contributed by atoms with van der Waals surface area (Å²) >= 11 is 2.25. The van der Waals surface area contributed by atoms with Crippen molar-refractivity contribution in [2.45, 2.75) is 6.54 Å². The number of hydrogen-bond donors (Lipinski definition) is 2. The summed E-state index contributed by atoms with van der Waals surface area (Å²) in [6.07, 6.45) is 1.64. The Morgan fingerprint density at radius 1 is 1.32 bits per heavy atom. The second-order valence-corrected chi connectivity index (χ2v) is 5.33. The van der Waals surface area contributed by atoms with Gasteiger partial charge in [-0.15, -0.1) is 0 Å². The summed E-state index contributed by atoms with van der Waals surface area (Å²) in [4.78, 5) is 11.9. The third kappa shape index (κ3) is 4.03. The van der Waals surface area contributed by atoms with E-state index in [1.807, 2.05) is 24.3 Å². The fourth-order valence-corrected chi connectivity index (χ4v) is 1.99. The second-order valence-electron chi connectivity index (χ2n) is 4.08. The fraction of sp³-hybridized carbons (Fsp3) is 0.231. The first kappa shape index (κ1) is 14.0. The molecule has 2 aromatic rings. The predicted molar refractivity (Wildman–Crippen MR) is 84.3 cm³/mol. The average Bonchev–Trinajstić information content (AvgIpc) is 2.41. The Morgan fingerprint density at radius 2 is 2.05 bits per heavy atom. The SMILES string of the molecule is NCCNc1cnn(Cc2ccc(I)cc2)c(=O)c1. The molecule has 0 amide bonds. The first-order valence-corrected chi connectivity index (χ1v) is 7.02.